The lowest BCUT2D eigenvalue weighted by Crippen LogP contribution is -2.21. The van der Waals surface area contributed by atoms with Crippen LogP contribution in [0, 0.1) is 0 Å². The van der Waals surface area contributed by atoms with Gasteiger partial charge in [-0.1, -0.05) is 0 Å². The van der Waals surface area contributed by atoms with Crippen molar-refractivity contribution >= 4 is 0 Å². The number of rotatable bonds is 3. The molecule has 54 valence electrons. The minimum absolute atomic E-state index is 1.70. The summed E-state index contributed by atoms with van der Waals surface area (Å²) in [5.41, 5.74) is 0. The summed E-state index contributed by atoms with van der Waals surface area (Å²) >= 11 is 0. The van der Waals surface area contributed by atoms with E-state index >= 15 is 0 Å². The van der Waals surface area contributed by atoms with Crippen LogP contribution in [-0.2, 0) is 4.74 Å². The Labute approximate surface area is 48.9 Å². The lowest BCUT2D eigenvalue weighted by molar-refractivity contribution is -0.233. The van der Waals surface area contributed by atoms with Gasteiger partial charge in [-0.05, 0) is 6.58 Å². The highest BCUT2D eigenvalue weighted by Gasteiger charge is 2.32. The number of alkyl halides is 3. The zero-order valence-corrected chi connectivity index (χ0v) is 4.33. The number of ether oxygens (including phenoxy) is 1. The molecule has 5 heteroatoms. The fraction of sp³-hybridized carbons (Fsp3) is 0.500. The van der Waals surface area contributed by atoms with E-state index in [2.05, 4.69) is 11.3 Å². The van der Waals surface area contributed by atoms with E-state index < -0.39 is 18.8 Å². The van der Waals surface area contributed by atoms with E-state index in [9.17, 15) is 17.6 Å². The maximum absolute atomic E-state index is 11.5. The zero-order chi connectivity index (χ0) is 7.49. The van der Waals surface area contributed by atoms with Gasteiger partial charge in [0.05, 0.1) is 0 Å². The summed E-state index contributed by atoms with van der Waals surface area (Å²) in [6.45, 7) is 0.293. The number of halogens is 4. The van der Waals surface area contributed by atoms with Crippen LogP contribution < -0.4 is 0 Å². The largest absolute Gasteiger partial charge is 0.428 e. The van der Waals surface area contributed by atoms with Gasteiger partial charge in [0, 0.05) is 0 Å². The van der Waals surface area contributed by atoms with Crippen LogP contribution in [0.1, 0.15) is 0 Å². The van der Waals surface area contributed by atoms with Gasteiger partial charge in [-0.2, -0.15) is 13.2 Å². The lowest BCUT2D eigenvalue weighted by atomic mass is 10.7. The van der Waals surface area contributed by atoms with Crippen molar-refractivity contribution in [1.82, 2.24) is 0 Å². The van der Waals surface area contributed by atoms with Crippen molar-refractivity contribution in [2.45, 2.75) is 6.11 Å². The van der Waals surface area contributed by atoms with Gasteiger partial charge in [-0.25, -0.2) is 4.39 Å². The van der Waals surface area contributed by atoms with E-state index in [0.29, 0.717) is 0 Å². The molecule has 0 saturated heterocycles. The Morgan fingerprint density at radius 3 is 2.11 bits per heavy atom. The standard InChI is InChI=1S/C4H4F4O/c1-3(6)9-4(7,8)2-5/h1-2H2. The molecule has 0 N–H and O–H groups in total. The Kier molecular flexibility index (Phi) is 2.48. The predicted octanol–water partition coefficient (Wildman–Crippen LogP) is 2.01. The van der Waals surface area contributed by atoms with Crippen molar-refractivity contribution in [3.63, 3.8) is 0 Å². The highest BCUT2D eigenvalue weighted by atomic mass is 19.3. The molecular weight excluding hydrogens is 140 g/mol. The van der Waals surface area contributed by atoms with Gasteiger partial charge in [0.2, 0.25) is 0 Å². The maximum Gasteiger partial charge on any atom is 0.428 e. The van der Waals surface area contributed by atoms with Crippen LogP contribution in [0.2, 0.25) is 0 Å². The van der Waals surface area contributed by atoms with Crippen LogP contribution in [0.15, 0.2) is 12.6 Å². The third-order valence-corrected chi connectivity index (χ3v) is 0.416. The minimum atomic E-state index is -4.08. The summed E-state index contributed by atoms with van der Waals surface area (Å²) in [5, 5.41) is 0. The monoisotopic (exact) mass is 144 g/mol. The molecule has 0 atom stereocenters. The van der Waals surface area contributed by atoms with Crippen molar-refractivity contribution in [3.05, 3.63) is 12.6 Å². The second-order valence-corrected chi connectivity index (χ2v) is 1.23. The van der Waals surface area contributed by atoms with E-state index in [-0.39, 0.29) is 0 Å². The first-order valence-corrected chi connectivity index (χ1v) is 1.95. The van der Waals surface area contributed by atoms with Crippen LogP contribution in [0.5, 0.6) is 0 Å². The predicted molar refractivity (Wildman–Crippen MR) is 22.3 cm³/mol. The lowest BCUT2D eigenvalue weighted by Gasteiger charge is -2.10. The van der Waals surface area contributed by atoms with E-state index in [0.717, 1.165) is 0 Å². The third-order valence-electron chi connectivity index (χ3n) is 0.416. The Morgan fingerprint density at radius 2 is 2.00 bits per heavy atom. The van der Waals surface area contributed by atoms with Crippen molar-refractivity contribution in [3.8, 4) is 0 Å². The average Bonchev–Trinajstić information content (AvgIpc) is 1.63. The molecule has 0 aliphatic carbocycles. The van der Waals surface area contributed by atoms with Gasteiger partial charge in [0.1, 0.15) is 0 Å². The molecule has 0 aliphatic rings. The van der Waals surface area contributed by atoms with Crippen LogP contribution in [0.4, 0.5) is 17.6 Å². The highest BCUT2D eigenvalue weighted by molar-refractivity contribution is 4.67. The Balaban J connectivity index is 3.71. The van der Waals surface area contributed by atoms with Crippen molar-refractivity contribution < 1.29 is 22.3 Å². The van der Waals surface area contributed by atoms with Crippen LogP contribution >= 0.6 is 0 Å². The second kappa shape index (κ2) is 2.70. The summed E-state index contributed by atoms with van der Waals surface area (Å²) in [7, 11) is 0. The van der Waals surface area contributed by atoms with Gasteiger partial charge < -0.3 is 4.74 Å². The van der Waals surface area contributed by atoms with Gasteiger partial charge in [-0.3, -0.25) is 0 Å². The average molecular weight is 144 g/mol. The second-order valence-electron chi connectivity index (χ2n) is 1.23. The normalized spacial score (nSPS) is 11.1. The summed E-state index contributed by atoms with van der Waals surface area (Å²) in [5.74, 6) is 0. The molecule has 9 heavy (non-hydrogen) atoms. The highest BCUT2D eigenvalue weighted by Crippen LogP contribution is 2.19. The first-order valence-electron chi connectivity index (χ1n) is 1.95. The summed E-state index contributed by atoms with van der Waals surface area (Å²) in [6.07, 6.45) is -4.08. The van der Waals surface area contributed by atoms with Gasteiger partial charge in [0.25, 0.3) is 6.01 Å². The fourth-order valence-electron chi connectivity index (χ4n) is 0.189. The summed E-state index contributed by atoms with van der Waals surface area (Å²) in [6, 6.07) is -1.70. The van der Waals surface area contributed by atoms with E-state index in [1.807, 2.05) is 0 Å². The molecule has 0 bridgehead atoms. The van der Waals surface area contributed by atoms with Gasteiger partial charge in [0.15, 0.2) is 6.67 Å². The van der Waals surface area contributed by atoms with Crippen LogP contribution in [0.25, 0.3) is 0 Å². The molecule has 0 spiro atoms. The maximum atomic E-state index is 11.5. The zero-order valence-electron chi connectivity index (χ0n) is 4.33. The first kappa shape index (κ1) is 8.26. The molecule has 0 aromatic heterocycles. The molecule has 0 aliphatic heterocycles. The Morgan fingerprint density at radius 1 is 1.56 bits per heavy atom. The molecule has 0 amide bonds. The van der Waals surface area contributed by atoms with Gasteiger partial charge >= 0.3 is 6.11 Å². The van der Waals surface area contributed by atoms with Gasteiger partial charge in [-0.15, -0.1) is 0 Å². The molecule has 0 aromatic rings. The first-order chi connectivity index (χ1) is 3.98. The summed E-state index contributed by atoms with van der Waals surface area (Å²) < 4.78 is 48.4. The van der Waals surface area contributed by atoms with E-state index in [4.69, 9.17) is 0 Å². The van der Waals surface area contributed by atoms with Crippen molar-refractivity contribution in [1.29, 1.82) is 0 Å². The molecule has 0 rings (SSSR count). The number of hydrogen-bond acceptors (Lipinski definition) is 1. The van der Waals surface area contributed by atoms with Crippen LogP contribution in [-0.4, -0.2) is 12.8 Å². The Bertz CT molecular complexity index is 111. The van der Waals surface area contributed by atoms with Crippen molar-refractivity contribution in [2.24, 2.45) is 0 Å². The molecule has 0 aromatic carbocycles. The van der Waals surface area contributed by atoms with E-state index in [1.165, 1.54) is 0 Å². The number of hydrogen-bond donors (Lipinski definition) is 0. The Hall–Kier alpha value is -0.740. The molecule has 0 fully saturated rings. The molecule has 0 radical (unpaired) electrons. The minimum Gasteiger partial charge on any atom is -0.405 e. The molecule has 1 nitrogen and oxygen atoms in total. The smallest absolute Gasteiger partial charge is 0.405 e. The van der Waals surface area contributed by atoms with Crippen LogP contribution in [0.3, 0.4) is 0 Å². The van der Waals surface area contributed by atoms with Crippen molar-refractivity contribution in [2.75, 3.05) is 6.67 Å². The quantitative estimate of drug-likeness (QED) is 0.434. The molecule has 0 unspecified atom stereocenters. The molecule has 0 saturated carbocycles. The molecule has 0 heterocycles. The third kappa shape index (κ3) is 3.81. The summed E-state index contributed by atoms with van der Waals surface area (Å²) in [4.78, 5) is 0. The molecular formula is C4H4F4O. The SMILES string of the molecule is C=C(F)OC(F)(F)CF. The van der Waals surface area contributed by atoms with E-state index in [1.54, 1.807) is 0 Å². The fourth-order valence-corrected chi connectivity index (χ4v) is 0.189. The topological polar surface area (TPSA) is 9.23 Å².